The fourth-order valence-corrected chi connectivity index (χ4v) is 7.02. The van der Waals surface area contributed by atoms with E-state index < -0.39 is 34.3 Å². The molecule has 1 atom stereocenters. The third-order valence-corrected chi connectivity index (χ3v) is 9.87. The summed E-state index contributed by atoms with van der Waals surface area (Å²) in [5, 5.41) is 3.10. The van der Waals surface area contributed by atoms with E-state index in [0.717, 1.165) is 54.1 Å². The second kappa shape index (κ2) is 14.1. The molecule has 1 heterocycles. The highest BCUT2D eigenvalue weighted by Crippen LogP contribution is 2.34. The zero-order valence-electron chi connectivity index (χ0n) is 24.8. The minimum atomic E-state index is -4.34. The van der Waals surface area contributed by atoms with Crippen LogP contribution in [0.2, 0.25) is 0 Å². The summed E-state index contributed by atoms with van der Waals surface area (Å²) in [7, 11) is -4.34. The van der Waals surface area contributed by atoms with Crippen molar-refractivity contribution in [3.8, 4) is 11.5 Å². The molecule has 9 nitrogen and oxygen atoms in total. The van der Waals surface area contributed by atoms with Crippen LogP contribution in [0.25, 0.3) is 0 Å². The van der Waals surface area contributed by atoms with E-state index in [-0.39, 0.29) is 41.4 Å². The van der Waals surface area contributed by atoms with E-state index in [1.807, 2.05) is 30.3 Å². The summed E-state index contributed by atoms with van der Waals surface area (Å²) >= 11 is 0. The number of rotatable bonds is 11. The Morgan fingerprint density at radius 2 is 1.61 bits per heavy atom. The molecular formula is C33H38FN3O6S. The number of hydrogen-bond acceptors (Lipinski definition) is 6. The van der Waals surface area contributed by atoms with Crippen LogP contribution in [-0.2, 0) is 26.0 Å². The molecule has 1 fully saturated rings. The van der Waals surface area contributed by atoms with Crippen molar-refractivity contribution in [1.29, 1.82) is 0 Å². The molecule has 3 aromatic rings. The van der Waals surface area contributed by atoms with Gasteiger partial charge in [-0.1, -0.05) is 49.6 Å². The van der Waals surface area contributed by atoms with Gasteiger partial charge in [-0.15, -0.1) is 0 Å². The van der Waals surface area contributed by atoms with E-state index in [4.69, 9.17) is 9.47 Å². The van der Waals surface area contributed by atoms with Gasteiger partial charge in [0.1, 0.15) is 31.6 Å². The number of carbonyl (C=O) groups excluding carboxylic acids is 2. The van der Waals surface area contributed by atoms with Gasteiger partial charge in [-0.25, -0.2) is 12.8 Å². The smallest absolute Gasteiger partial charge is 0.264 e. The SMILES string of the molecule is C[C@@H](C(=O)NC1CCCCC1)N(CCc1ccccc1)C(=O)CN(c1ccc(F)cc1)S(=O)(=O)c1ccc2c(c1)OCCO2. The number of sulfonamides is 1. The number of halogens is 1. The summed E-state index contributed by atoms with van der Waals surface area (Å²) in [4.78, 5) is 28.8. The van der Waals surface area contributed by atoms with Crippen LogP contribution in [0, 0.1) is 5.82 Å². The maximum Gasteiger partial charge on any atom is 0.264 e. The topological polar surface area (TPSA) is 105 Å². The first-order valence-corrected chi connectivity index (χ1v) is 16.5. The first-order valence-electron chi connectivity index (χ1n) is 15.0. The molecule has 5 rings (SSSR count). The molecule has 3 aromatic carbocycles. The van der Waals surface area contributed by atoms with Gasteiger partial charge in [0.25, 0.3) is 10.0 Å². The summed E-state index contributed by atoms with van der Waals surface area (Å²) in [5.41, 5.74) is 1.08. The molecule has 2 amide bonds. The van der Waals surface area contributed by atoms with Crippen molar-refractivity contribution in [3.63, 3.8) is 0 Å². The normalized spacial score (nSPS) is 15.7. The molecule has 0 spiro atoms. The van der Waals surface area contributed by atoms with Crippen LogP contribution in [0.3, 0.4) is 0 Å². The van der Waals surface area contributed by atoms with Gasteiger partial charge in [0, 0.05) is 18.7 Å². The van der Waals surface area contributed by atoms with Gasteiger partial charge < -0.3 is 19.7 Å². The van der Waals surface area contributed by atoms with Gasteiger partial charge in [-0.3, -0.25) is 13.9 Å². The molecule has 1 saturated carbocycles. The van der Waals surface area contributed by atoms with E-state index in [1.165, 1.54) is 35.2 Å². The third kappa shape index (κ3) is 7.50. The van der Waals surface area contributed by atoms with E-state index in [1.54, 1.807) is 6.92 Å². The second-order valence-electron chi connectivity index (χ2n) is 11.1. The maximum atomic E-state index is 14.1. The number of ether oxygens (including phenoxy) is 2. The number of nitrogens with zero attached hydrogens (tertiary/aromatic N) is 2. The summed E-state index contributed by atoms with van der Waals surface area (Å²) in [6, 6.07) is 17.9. The second-order valence-corrected chi connectivity index (χ2v) is 13.0. The van der Waals surface area contributed by atoms with Gasteiger partial charge >= 0.3 is 0 Å². The maximum absolute atomic E-state index is 14.1. The Balaban J connectivity index is 1.44. The lowest BCUT2D eigenvalue weighted by Crippen LogP contribution is -2.53. The third-order valence-electron chi connectivity index (χ3n) is 8.10. The first-order chi connectivity index (χ1) is 21.2. The summed E-state index contributed by atoms with van der Waals surface area (Å²) in [5.74, 6) is -0.682. The molecule has 0 radical (unpaired) electrons. The van der Waals surface area contributed by atoms with Gasteiger partial charge in [0.2, 0.25) is 11.8 Å². The number of amides is 2. The number of carbonyl (C=O) groups is 2. The Kier molecular flexibility index (Phi) is 10.0. The average molecular weight is 624 g/mol. The van der Waals surface area contributed by atoms with Gasteiger partial charge in [0.05, 0.1) is 10.6 Å². The average Bonchev–Trinajstić information content (AvgIpc) is 3.04. The zero-order valence-corrected chi connectivity index (χ0v) is 25.6. The number of benzene rings is 3. The van der Waals surface area contributed by atoms with Crippen LogP contribution in [-0.4, -0.2) is 63.5 Å². The molecule has 0 bridgehead atoms. The van der Waals surface area contributed by atoms with Gasteiger partial charge in [0.15, 0.2) is 11.5 Å². The monoisotopic (exact) mass is 623 g/mol. The lowest BCUT2D eigenvalue weighted by atomic mass is 9.95. The van der Waals surface area contributed by atoms with Crippen molar-refractivity contribution in [2.24, 2.45) is 0 Å². The molecule has 1 N–H and O–H groups in total. The fraction of sp³-hybridized carbons (Fsp3) is 0.394. The fourth-order valence-electron chi connectivity index (χ4n) is 5.59. The summed E-state index contributed by atoms with van der Waals surface area (Å²) in [6.45, 7) is 1.88. The highest BCUT2D eigenvalue weighted by atomic mass is 32.2. The molecule has 234 valence electrons. The van der Waals surface area contributed by atoms with Gasteiger partial charge in [-0.2, -0.15) is 0 Å². The van der Waals surface area contributed by atoms with Crippen molar-refractivity contribution in [2.45, 2.75) is 62.4 Å². The molecule has 0 aromatic heterocycles. The number of hydrogen-bond donors (Lipinski definition) is 1. The quantitative estimate of drug-likeness (QED) is 0.332. The highest BCUT2D eigenvalue weighted by molar-refractivity contribution is 7.92. The van der Waals surface area contributed by atoms with Crippen LogP contribution in [0.5, 0.6) is 11.5 Å². The van der Waals surface area contributed by atoms with Crippen molar-refractivity contribution < 1.29 is 31.9 Å². The lowest BCUT2D eigenvalue weighted by Gasteiger charge is -2.33. The summed E-state index contributed by atoms with van der Waals surface area (Å²) < 4.78 is 54.1. The predicted molar refractivity (Wildman–Crippen MR) is 165 cm³/mol. The van der Waals surface area contributed by atoms with Gasteiger partial charge in [-0.05, 0) is 68.1 Å². The van der Waals surface area contributed by atoms with Crippen molar-refractivity contribution >= 4 is 27.5 Å². The Morgan fingerprint density at radius 1 is 0.932 bits per heavy atom. The van der Waals surface area contributed by atoms with E-state index in [2.05, 4.69) is 5.32 Å². The van der Waals surface area contributed by atoms with E-state index in [9.17, 15) is 22.4 Å². The number of nitrogens with one attached hydrogen (secondary N) is 1. The van der Waals surface area contributed by atoms with Crippen molar-refractivity contribution in [2.75, 3.05) is 30.6 Å². The molecule has 0 saturated heterocycles. The van der Waals surface area contributed by atoms with Crippen LogP contribution < -0.4 is 19.1 Å². The van der Waals surface area contributed by atoms with E-state index in [0.29, 0.717) is 18.8 Å². The largest absolute Gasteiger partial charge is 0.486 e. The van der Waals surface area contributed by atoms with Crippen LogP contribution in [0.1, 0.15) is 44.6 Å². The Labute approximate surface area is 258 Å². The Hall–Kier alpha value is -4.12. The molecule has 1 aliphatic carbocycles. The number of fused-ring (bicyclic) bond motifs is 1. The molecule has 2 aliphatic rings. The molecule has 11 heteroatoms. The zero-order chi connectivity index (χ0) is 31.1. The van der Waals surface area contributed by atoms with Crippen molar-refractivity contribution in [1.82, 2.24) is 10.2 Å². The van der Waals surface area contributed by atoms with Crippen molar-refractivity contribution in [3.05, 3.63) is 84.2 Å². The standard InChI is InChI=1S/C33H38FN3O6S/c1-24(33(39)35-27-10-6-3-7-11-27)36(19-18-25-8-4-2-5-9-25)32(38)23-37(28-14-12-26(34)13-15-28)44(40,41)29-16-17-30-31(22-29)43-21-20-42-30/h2,4-5,8-9,12-17,22,24,27H,3,6-7,10-11,18-21,23H2,1H3,(H,35,39)/t24-/m0/s1. The molecule has 44 heavy (non-hydrogen) atoms. The molecule has 0 unspecified atom stereocenters. The first kappa shape index (κ1) is 31.3. The summed E-state index contributed by atoms with van der Waals surface area (Å²) in [6.07, 6.45) is 5.48. The Bertz CT molecular complexity index is 1550. The van der Waals surface area contributed by atoms with E-state index >= 15 is 0 Å². The molecule has 1 aliphatic heterocycles. The molecular weight excluding hydrogens is 585 g/mol. The van der Waals surface area contributed by atoms with Crippen LogP contribution in [0.4, 0.5) is 10.1 Å². The minimum absolute atomic E-state index is 0.0519. The highest BCUT2D eigenvalue weighted by Gasteiger charge is 2.33. The van der Waals surface area contributed by atoms with Crippen LogP contribution >= 0.6 is 0 Å². The minimum Gasteiger partial charge on any atom is -0.486 e. The van der Waals surface area contributed by atoms with Crippen LogP contribution in [0.15, 0.2) is 77.7 Å². The predicted octanol–water partition coefficient (Wildman–Crippen LogP) is 4.70. The lowest BCUT2D eigenvalue weighted by molar-refractivity contribution is -0.139. The Morgan fingerprint density at radius 3 is 2.32 bits per heavy atom. The number of anilines is 1.